The molecular weight excluding hydrogens is 879 g/mol. The van der Waals surface area contributed by atoms with Crippen LogP contribution in [0.15, 0.2) is 0 Å². The maximum absolute atomic E-state index is 13.9. The largest absolute Gasteiger partial charge is 0.369 e. The molecule has 22 nitrogen and oxygen atoms in total. The lowest BCUT2D eigenvalue weighted by Crippen LogP contribution is -2.55. The predicted octanol–water partition coefficient (Wildman–Crippen LogP) is -4.55. The van der Waals surface area contributed by atoms with Gasteiger partial charge in [-0.25, -0.2) is 0 Å². The second-order valence-corrected chi connectivity index (χ2v) is 20.7. The molecule has 4 saturated heterocycles. The van der Waals surface area contributed by atoms with Gasteiger partial charge in [-0.3, -0.25) is 43.2 Å². The summed E-state index contributed by atoms with van der Waals surface area (Å²) in [4.78, 5) is 119. The second-order valence-electron chi connectivity index (χ2n) is 20.7. The van der Waals surface area contributed by atoms with E-state index in [0.717, 1.165) is 25.7 Å². The lowest BCUT2D eigenvalue weighted by molar-refractivity contribution is -0.132. The van der Waals surface area contributed by atoms with Gasteiger partial charge >= 0.3 is 0 Å². The third-order valence-corrected chi connectivity index (χ3v) is 16.3. The normalized spacial score (nSPS) is 37.5. The zero-order chi connectivity index (χ0) is 48.1. The molecule has 376 valence electrons. The van der Waals surface area contributed by atoms with Gasteiger partial charge in [-0.2, -0.15) is 0 Å². The van der Waals surface area contributed by atoms with Crippen LogP contribution in [0.4, 0.5) is 0 Å². The molecule has 0 spiro atoms. The van der Waals surface area contributed by atoms with Gasteiger partial charge in [-0.05, 0) is 51.4 Å². The third-order valence-electron chi connectivity index (χ3n) is 16.3. The summed E-state index contributed by atoms with van der Waals surface area (Å²) in [5, 5.41) is 37.3. The van der Waals surface area contributed by atoms with E-state index in [4.69, 9.17) is 5.73 Å². The van der Waals surface area contributed by atoms with Crippen molar-refractivity contribution in [1.29, 1.82) is 0 Å². The van der Waals surface area contributed by atoms with Crippen LogP contribution in [0.25, 0.3) is 0 Å². The zero-order valence-electron chi connectivity index (χ0n) is 39.1. The summed E-state index contributed by atoms with van der Waals surface area (Å²) in [7, 11) is 0. The first-order valence-corrected chi connectivity index (χ1v) is 25.3. The van der Waals surface area contributed by atoms with E-state index < -0.39 is 83.5 Å². The summed E-state index contributed by atoms with van der Waals surface area (Å²) < 4.78 is 0. The Morgan fingerprint density at radius 3 is 0.824 bits per heavy atom. The van der Waals surface area contributed by atoms with Crippen molar-refractivity contribution in [1.82, 2.24) is 63.8 Å². The van der Waals surface area contributed by atoms with E-state index in [0.29, 0.717) is 104 Å². The fourth-order valence-corrected chi connectivity index (χ4v) is 12.5. The molecule has 4 heterocycles. The maximum atomic E-state index is 13.9. The lowest BCUT2D eigenvalue weighted by Gasteiger charge is -2.29. The van der Waals surface area contributed by atoms with Crippen LogP contribution in [0.1, 0.15) is 84.0 Å². The number of rotatable bonds is 16. The van der Waals surface area contributed by atoms with Gasteiger partial charge in [0.05, 0.1) is 71.5 Å². The summed E-state index contributed by atoms with van der Waals surface area (Å²) >= 11 is 0. The van der Waals surface area contributed by atoms with Crippen molar-refractivity contribution in [2.45, 2.75) is 132 Å². The quantitative estimate of drug-likeness (QED) is 0.0695. The number of carbonyl (C=O) groups is 9. The Balaban J connectivity index is 0.792. The van der Waals surface area contributed by atoms with Crippen LogP contribution in [0.5, 0.6) is 0 Å². The van der Waals surface area contributed by atoms with Crippen LogP contribution in [0.3, 0.4) is 0 Å². The molecule has 0 radical (unpaired) electrons. The summed E-state index contributed by atoms with van der Waals surface area (Å²) in [5.74, 6) is -6.15. The number of carbonyl (C=O) groups excluding carboxylic acids is 9. The Labute approximate surface area is 397 Å². The van der Waals surface area contributed by atoms with Crippen LogP contribution >= 0.6 is 0 Å². The highest BCUT2D eigenvalue weighted by molar-refractivity contribution is 5.89. The molecule has 0 bridgehead atoms. The van der Waals surface area contributed by atoms with Crippen LogP contribution in [0, 0.1) is 47.3 Å². The zero-order valence-corrected chi connectivity index (χ0v) is 39.1. The number of nitrogens with one attached hydrogen (secondary N) is 12. The minimum atomic E-state index is -0.577. The van der Waals surface area contributed by atoms with Gasteiger partial charge in [0, 0.05) is 83.4 Å². The lowest BCUT2D eigenvalue weighted by atomic mass is 9.95. The highest BCUT2D eigenvalue weighted by Crippen LogP contribution is 2.31. The highest BCUT2D eigenvalue weighted by atomic mass is 16.2. The second kappa shape index (κ2) is 22.2. The molecule has 8 aliphatic rings. The Bertz CT molecular complexity index is 1940. The van der Waals surface area contributed by atoms with Gasteiger partial charge in [0.2, 0.25) is 53.2 Å². The van der Waals surface area contributed by atoms with Crippen molar-refractivity contribution in [3.05, 3.63) is 0 Å². The van der Waals surface area contributed by atoms with Crippen molar-refractivity contribution in [2.75, 3.05) is 52.4 Å². The molecule has 0 aromatic rings. The fourth-order valence-electron chi connectivity index (χ4n) is 12.5. The Kier molecular flexibility index (Phi) is 16.2. The molecule has 14 N–H and O–H groups in total. The summed E-state index contributed by atoms with van der Waals surface area (Å²) in [6, 6.07) is -3.24. The molecule has 8 fully saturated rings. The SMILES string of the molecule is CC(=O)NC1CNCC1C(=O)NC1CCCC1C(=O)NC1CNCC1C(=O)NC1CCCC1C(=O)NC1CNCC1C(=O)NC1CCCC1C(=O)NC1CNCC1C(=O)NC1CCCC1C(N)=O. The number of amides is 9. The van der Waals surface area contributed by atoms with Crippen molar-refractivity contribution in [2.24, 2.45) is 53.1 Å². The molecule has 4 aliphatic heterocycles. The topological polar surface area (TPSA) is 324 Å². The van der Waals surface area contributed by atoms with E-state index in [2.05, 4.69) is 63.8 Å². The van der Waals surface area contributed by atoms with E-state index in [9.17, 15) is 43.2 Å². The van der Waals surface area contributed by atoms with Crippen LogP contribution < -0.4 is 69.5 Å². The smallest absolute Gasteiger partial charge is 0.226 e. The minimum absolute atomic E-state index is 0.199. The van der Waals surface area contributed by atoms with Crippen molar-refractivity contribution >= 4 is 53.2 Å². The molecule has 16 unspecified atom stereocenters. The van der Waals surface area contributed by atoms with Crippen molar-refractivity contribution < 1.29 is 43.2 Å². The molecule has 8 rings (SSSR count). The van der Waals surface area contributed by atoms with Gasteiger partial charge in [-0.1, -0.05) is 25.7 Å². The molecule has 0 aromatic carbocycles. The van der Waals surface area contributed by atoms with E-state index in [1.54, 1.807) is 0 Å². The summed E-state index contributed by atoms with van der Waals surface area (Å²) in [5.41, 5.74) is 5.57. The monoisotopic (exact) mass is 952 g/mol. The minimum Gasteiger partial charge on any atom is -0.369 e. The Morgan fingerprint density at radius 1 is 0.309 bits per heavy atom. The first-order valence-electron chi connectivity index (χ1n) is 25.3. The third kappa shape index (κ3) is 11.4. The number of hydrogen-bond donors (Lipinski definition) is 13. The molecule has 4 saturated carbocycles. The first kappa shape index (κ1) is 49.5. The van der Waals surface area contributed by atoms with Gasteiger partial charge in [0.25, 0.3) is 0 Å². The van der Waals surface area contributed by atoms with Crippen LogP contribution in [0.2, 0.25) is 0 Å². The standard InChI is InChI=1S/C46H73N13O9/c1-22(60)52-35-18-48-14-27(35)43(65)54-32-11-3-7-24(32)40(62)58-37-20-50-16-29(37)45(67)56-34-13-5-9-26(34)42(64)59-38-21-51-17-30(38)46(68)55-33-12-4-8-25(33)41(63)57-36-19-49-15-28(36)44(66)53-31-10-2-6-23(31)39(47)61/h23-38,48-51H,2-21H2,1H3,(H2,47,61)(H,52,60)(H,53,66)(H,54,65)(H,55,68)(H,56,67)(H,57,63)(H,58,62)(H,59,64). The van der Waals surface area contributed by atoms with Gasteiger partial charge < -0.3 is 69.5 Å². The van der Waals surface area contributed by atoms with E-state index in [-0.39, 0.29) is 65.4 Å². The van der Waals surface area contributed by atoms with E-state index >= 15 is 0 Å². The van der Waals surface area contributed by atoms with Gasteiger partial charge in [0.1, 0.15) is 0 Å². The summed E-state index contributed by atoms with van der Waals surface area (Å²) in [6.07, 6.45) is 8.03. The van der Waals surface area contributed by atoms with E-state index in [1.807, 2.05) is 0 Å². The van der Waals surface area contributed by atoms with Crippen molar-refractivity contribution in [3.8, 4) is 0 Å². The highest BCUT2D eigenvalue weighted by Gasteiger charge is 2.46. The molecule has 9 amide bonds. The number of primary amides is 1. The molecule has 4 aliphatic carbocycles. The Hall–Kier alpha value is -4.93. The average Bonchev–Trinajstić information content (AvgIpc) is 4.14. The van der Waals surface area contributed by atoms with Crippen molar-refractivity contribution in [3.63, 3.8) is 0 Å². The number of nitrogens with two attached hydrogens (primary N) is 1. The molecular formula is C46H73N13O9. The maximum Gasteiger partial charge on any atom is 0.226 e. The van der Waals surface area contributed by atoms with Gasteiger partial charge in [0.15, 0.2) is 0 Å². The Morgan fingerprint density at radius 2 is 0.544 bits per heavy atom. The fraction of sp³-hybridized carbons (Fsp3) is 0.804. The van der Waals surface area contributed by atoms with Gasteiger partial charge in [-0.15, -0.1) is 0 Å². The van der Waals surface area contributed by atoms with E-state index in [1.165, 1.54) is 6.92 Å². The molecule has 0 aromatic heterocycles. The van der Waals surface area contributed by atoms with Crippen LogP contribution in [-0.4, -0.2) is 154 Å². The average molecular weight is 952 g/mol. The first-order chi connectivity index (χ1) is 32.7. The summed E-state index contributed by atoms with van der Waals surface area (Å²) in [6.45, 7) is 4.65. The van der Waals surface area contributed by atoms with Crippen LogP contribution in [-0.2, 0) is 43.2 Å². The molecule has 68 heavy (non-hydrogen) atoms. The molecule has 22 heteroatoms. The predicted molar refractivity (Wildman–Crippen MR) is 245 cm³/mol. The molecule has 16 atom stereocenters. The number of hydrogen-bond acceptors (Lipinski definition) is 13.